The lowest BCUT2D eigenvalue weighted by Gasteiger charge is -2.33. The number of nitrogens with zero attached hydrogens (tertiary/aromatic N) is 4. The maximum atomic E-state index is 14.1. The lowest BCUT2D eigenvalue weighted by atomic mass is 9.96. The van der Waals surface area contributed by atoms with Crippen molar-refractivity contribution in [2.45, 2.75) is 51.9 Å². The molecule has 6 rings (SSSR count). The second-order valence-corrected chi connectivity index (χ2v) is 12.3. The van der Waals surface area contributed by atoms with Crippen molar-refractivity contribution in [1.82, 2.24) is 14.9 Å². The highest BCUT2D eigenvalue weighted by Crippen LogP contribution is 2.46. The van der Waals surface area contributed by atoms with Crippen LogP contribution in [0, 0.1) is 19.8 Å². The third-order valence-electron chi connectivity index (χ3n) is 8.67. The van der Waals surface area contributed by atoms with E-state index in [1.807, 2.05) is 61.2 Å². The predicted molar refractivity (Wildman–Crippen MR) is 170 cm³/mol. The van der Waals surface area contributed by atoms with Crippen molar-refractivity contribution in [3.63, 3.8) is 0 Å². The van der Waals surface area contributed by atoms with E-state index >= 15 is 0 Å². The zero-order valence-electron chi connectivity index (χ0n) is 24.2. The predicted octanol–water partition coefficient (Wildman–Crippen LogP) is 8.57. The molecule has 0 amide bonds. The van der Waals surface area contributed by atoms with E-state index in [2.05, 4.69) is 22.1 Å². The molecule has 2 fully saturated rings. The second-order valence-electron chi connectivity index (χ2n) is 11.5. The molecule has 10 heteroatoms. The van der Waals surface area contributed by atoms with Crippen LogP contribution in [-0.2, 0) is 6.18 Å². The van der Waals surface area contributed by atoms with Crippen molar-refractivity contribution in [3.05, 3.63) is 106 Å². The number of aromatic nitrogens is 2. The molecule has 0 aliphatic carbocycles. The van der Waals surface area contributed by atoms with Gasteiger partial charge in [0.25, 0.3) is 0 Å². The summed E-state index contributed by atoms with van der Waals surface area (Å²) in [6, 6.07) is 18.6. The van der Waals surface area contributed by atoms with Gasteiger partial charge in [0.2, 0.25) is 0 Å². The van der Waals surface area contributed by atoms with Crippen molar-refractivity contribution in [2.24, 2.45) is 5.92 Å². The SMILES string of the molecule is Cc1cc(C2C(c3ccccn3)NC(=S)N2c2ccc(N3CCC(C)CC3)c(Cl)c2)c(C)n1-c1ccccc1C(F)(F)F. The third kappa shape index (κ3) is 5.49. The van der Waals surface area contributed by atoms with E-state index < -0.39 is 17.8 Å². The molecule has 43 heavy (non-hydrogen) atoms. The molecule has 2 saturated heterocycles. The number of thiocarbonyl (C=S) groups is 1. The van der Waals surface area contributed by atoms with Gasteiger partial charge in [0, 0.05) is 36.4 Å². The van der Waals surface area contributed by atoms with Gasteiger partial charge in [-0.05, 0) is 98.9 Å². The van der Waals surface area contributed by atoms with Gasteiger partial charge in [-0.15, -0.1) is 0 Å². The van der Waals surface area contributed by atoms with Gasteiger partial charge in [-0.2, -0.15) is 13.2 Å². The van der Waals surface area contributed by atoms with Crippen molar-refractivity contribution >= 4 is 40.3 Å². The number of nitrogens with one attached hydrogen (secondary N) is 1. The van der Waals surface area contributed by atoms with Crippen LogP contribution in [0.1, 0.15) is 60.1 Å². The van der Waals surface area contributed by atoms with E-state index in [4.69, 9.17) is 23.8 Å². The van der Waals surface area contributed by atoms with Crippen LogP contribution in [-0.4, -0.2) is 27.8 Å². The van der Waals surface area contributed by atoms with E-state index in [9.17, 15) is 13.2 Å². The Kier molecular flexibility index (Phi) is 7.89. The minimum Gasteiger partial charge on any atom is -0.370 e. The number of aryl methyl sites for hydroxylation is 1. The van der Waals surface area contributed by atoms with Gasteiger partial charge in [-0.3, -0.25) is 4.98 Å². The molecule has 4 aromatic rings. The first-order chi connectivity index (χ1) is 20.5. The molecular formula is C33H33ClF3N5S. The largest absolute Gasteiger partial charge is 0.418 e. The first-order valence-corrected chi connectivity index (χ1v) is 15.2. The summed E-state index contributed by atoms with van der Waals surface area (Å²) in [6.07, 6.45) is -0.518. The number of alkyl halides is 3. The molecule has 5 nitrogen and oxygen atoms in total. The molecule has 1 N–H and O–H groups in total. The minimum atomic E-state index is -4.50. The van der Waals surface area contributed by atoms with E-state index in [1.165, 1.54) is 12.1 Å². The monoisotopic (exact) mass is 623 g/mol. The van der Waals surface area contributed by atoms with Crippen LogP contribution in [0.3, 0.4) is 0 Å². The van der Waals surface area contributed by atoms with Crippen LogP contribution in [0.25, 0.3) is 5.69 Å². The quantitative estimate of drug-likeness (QED) is 0.225. The summed E-state index contributed by atoms with van der Waals surface area (Å²) in [6.45, 7) is 7.88. The van der Waals surface area contributed by atoms with E-state index in [0.29, 0.717) is 27.4 Å². The zero-order valence-corrected chi connectivity index (χ0v) is 25.8. The Morgan fingerprint density at radius 3 is 2.35 bits per heavy atom. The molecule has 2 atom stereocenters. The first kappa shape index (κ1) is 29.5. The van der Waals surface area contributed by atoms with Crippen molar-refractivity contribution in [3.8, 4) is 5.69 Å². The van der Waals surface area contributed by atoms with Gasteiger partial charge in [0.05, 0.1) is 39.7 Å². The lowest BCUT2D eigenvalue weighted by Crippen LogP contribution is -2.33. The van der Waals surface area contributed by atoms with Gasteiger partial charge in [-0.25, -0.2) is 0 Å². The Bertz CT molecular complexity index is 1650. The van der Waals surface area contributed by atoms with Gasteiger partial charge >= 0.3 is 6.18 Å². The molecule has 0 bridgehead atoms. The number of anilines is 2. The number of hydrogen-bond donors (Lipinski definition) is 1. The third-order valence-corrected chi connectivity index (χ3v) is 9.29. The fourth-order valence-corrected chi connectivity index (χ4v) is 7.11. The topological polar surface area (TPSA) is 36.3 Å². The lowest BCUT2D eigenvalue weighted by molar-refractivity contribution is -0.137. The number of piperidine rings is 1. The summed E-state index contributed by atoms with van der Waals surface area (Å²) in [4.78, 5) is 8.97. The number of pyridine rings is 1. The van der Waals surface area contributed by atoms with Crippen molar-refractivity contribution < 1.29 is 13.2 Å². The van der Waals surface area contributed by atoms with E-state index in [1.54, 1.807) is 16.8 Å². The molecule has 2 aliphatic heterocycles. The molecule has 0 saturated carbocycles. The Hall–Kier alpha value is -3.56. The number of rotatable bonds is 5. The van der Waals surface area contributed by atoms with Gasteiger partial charge in [0.1, 0.15) is 0 Å². The maximum Gasteiger partial charge on any atom is 0.418 e. The summed E-state index contributed by atoms with van der Waals surface area (Å²) in [5.41, 5.74) is 4.22. The summed E-state index contributed by atoms with van der Waals surface area (Å²) >= 11 is 12.8. The van der Waals surface area contributed by atoms with Crippen LogP contribution in [0.4, 0.5) is 24.5 Å². The molecule has 2 aromatic heterocycles. The zero-order chi connectivity index (χ0) is 30.5. The second kappa shape index (κ2) is 11.5. The minimum absolute atomic E-state index is 0.0916. The fraction of sp³-hybridized carbons (Fsp3) is 0.333. The molecule has 224 valence electrons. The highest BCUT2D eigenvalue weighted by molar-refractivity contribution is 7.80. The average Bonchev–Trinajstić information content (AvgIpc) is 3.48. The maximum absolute atomic E-state index is 14.1. The van der Waals surface area contributed by atoms with Crippen molar-refractivity contribution in [2.75, 3.05) is 22.9 Å². The number of para-hydroxylation sites is 1. The fourth-order valence-electron chi connectivity index (χ4n) is 6.47. The van der Waals surface area contributed by atoms with Gasteiger partial charge in [0.15, 0.2) is 5.11 Å². The highest BCUT2D eigenvalue weighted by Gasteiger charge is 2.43. The molecule has 2 unspecified atom stereocenters. The summed E-state index contributed by atoms with van der Waals surface area (Å²) < 4.78 is 43.9. The first-order valence-electron chi connectivity index (χ1n) is 14.4. The van der Waals surface area contributed by atoms with Crippen LogP contribution < -0.4 is 15.1 Å². The Labute approximate surface area is 260 Å². The van der Waals surface area contributed by atoms with Crippen LogP contribution >= 0.6 is 23.8 Å². The van der Waals surface area contributed by atoms with E-state index in [0.717, 1.165) is 54.6 Å². The molecule has 4 heterocycles. The van der Waals surface area contributed by atoms with E-state index in [-0.39, 0.29) is 11.7 Å². The number of benzene rings is 2. The molecule has 2 aliphatic rings. The van der Waals surface area contributed by atoms with Crippen LogP contribution in [0.2, 0.25) is 5.02 Å². The average molecular weight is 624 g/mol. The molecule has 2 aromatic carbocycles. The smallest absolute Gasteiger partial charge is 0.370 e. The Balaban J connectivity index is 1.46. The molecule has 0 radical (unpaired) electrons. The van der Waals surface area contributed by atoms with Crippen LogP contribution in [0.15, 0.2) is 72.9 Å². The highest BCUT2D eigenvalue weighted by atomic mass is 35.5. The molecular weight excluding hydrogens is 591 g/mol. The number of halogens is 4. The Morgan fingerprint density at radius 1 is 0.953 bits per heavy atom. The van der Waals surface area contributed by atoms with Gasteiger partial charge < -0.3 is 19.7 Å². The molecule has 0 spiro atoms. The van der Waals surface area contributed by atoms with Crippen LogP contribution in [0.5, 0.6) is 0 Å². The standard InChI is InChI=1S/C33H33ClF3N5S/c1-20-13-16-40(17-14-20)29-12-11-23(19-26(29)34)42-31(30(39-32(42)43)27-9-6-7-15-38-27)24-18-21(2)41(22(24)3)28-10-5-4-8-25(28)33(35,36)37/h4-12,15,18-20,30-31H,13-14,16-17H2,1-3H3,(H,39,43). The summed E-state index contributed by atoms with van der Waals surface area (Å²) in [7, 11) is 0. The van der Waals surface area contributed by atoms with Crippen molar-refractivity contribution in [1.29, 1.82) is 0 Å². The Morgan fingerprint density at radius 2 is 1.67 bits per heavy atom. The summed E-state index contributed by atoms with van der Waals surface area (Å²) in [5, 5.41) is 4.59. The number of hydrogen-bond acceptors (Lipinski definition) is 3. The summed E-state index contributed by atoms with van der Waals surface area (Å²) in [5.74, 6) is 0.703. The van der Waals surface area contributed by atoms with Gasteiger partial charge in [-0.1, -0.05) is 36.7 Å². The normalized spacial score (nSPS) is 19.7.